The SMILES string of the molecule is COc1ccc(-c2nnc3sc(-c4cc(C)nc5ccccc45)nn23)cc1. The smallest absolute Gasteiger partial charge is 0.235 e. The van der Waals surface area contributed by atoms with Crippen molar-refractivity contribution in [2.75, 3.05) is 7.11 Å². The molecule has 2 aromatic carbocycles. The Morgan fingerprint density at radius 2 is 1.81 bits per heavy atom. The fraction of sp³-hybridized carbons (Fsp3) is 0.100. The summed E-state index contributed by atoms with van der Waals surface area (Å²) in [6.07, 6.45) is 0. The molecule has 0 amide bonds. The average molecular weight is 373 g/mol. The summed E-state index contributed by atoms with van der Waals surface area (Å²) in [5.41, 5.74) is 3.93. The van der Waals surface area contributed by atoms with Gasteiger partial charge in [0.25, 0.3) is 0 Å². The summed E-state index contributed by atoms with van der Waals surface area (Å²) in [6.45, 7) is 2.00. The maximum Gasteiger partial charge on any atom is 0.235 e. The van der Waals surface area contributed by atoms with E-state index in [0.29, 0.717) is 5.82 Å². The van der Waals surface area contributed by atoms with E-state index in [1.54, 1.807) is 11.6 Å². The van der Waals surface area contributed by atoms with Crippen molar-refractivity contribution in [2.45, 2.75) is 6.92 Å². The Hall–Kier alpha value is -3.32. The van der Waals surface area contributed by atoms with E-state index < -0.39 is 0 Å². The normalized spacial score (nSPS) is 11.3. The quantitative estimate of drug-likeness (QED) is 0.469. The molecule has 0 radical (unpaired) electrons. The lowest BCUT2D eigenvalue weighted by atomic mass is 10.1. The lowest BCUT2D eigenvalue weighted by molar-refractivity contribution is 0.415. The van der Waals surface area contributed by atoms with Crippen LogP contribution in [0.2, 0.25) is 0 Å². The van der Waals surface area contributed by atoms with Gasteiger partial charge < -0.3 is 4.74 Å². The Kier molecular flexibility index (Phi) is 3.61. The van der Waals surface area contributed by atoms with Crippen molar-refractivity contribution in [1.82, 2.24) is 24.8 Å². The molecule has 0 aliphatic heterocycles. The zero-order chi connectivity index (χ0) is 18.4. The highest BCUT2D eigenvalue weighted by Gasteiger charge is 2.16. The summed E-state index contributed by atoms with van der Waals surface area (Å²) in [5.74, 6) is 1.52. The highest BCUT2D eigenvalue weighted by Crippen LogP contribution is 2.33. The molecule has 0 saturated carbocycles. The molecular weight excluding hydrogens is 358 g/mol. The number of rotatable bonds is 3. The van der Waals surface area contributed by atoms with Gasteiger partial charge in [0, 0.05) is 22.2 Å². The maximum atomic E-state index is 5.23. The Bertz CT molecular complexity index is 1270. The number of ether oxygens (including phenoxy) is 1. The average Bonchev–Trinajstić information content (AvgIpc) is 3.28. The standard InChI is InChI=1S/C20H15N5OS/c1-12-11-16(15-5-3-4-6-17(15)21-12)19-24-25-18(22-23-20(25)27-19)13-7-9-14(26-2)10-8-13/h3-11H,1-2H3. The molecular formula is C20H15N5OS. The molecule has 0 aliphatic rings. The summed E-state index contributed by atoms with van der Waals surface area (Å²) in [4.78, 5) is 5.37. The van der Waals surface area contributed by atoms with Crippen LogP contribution in [0, 0.1) is 6.92 Å². The van der Waals surface area contributed by atoms with E-state index in [4.69, 9.17) is 9.84 Å². The molecule has 0 bridgehead atoms. The first-order chi connectivity index (χ1) is 13.2. The van der Waals surface area contributed by atoms with Crippen molar-refractivity contribution in [3.05, 3.63) is 60.3 Å². The van der Waals surface area contributed by atoms with Crippen LogP contribution < -0.4 is 4.74 Å². The van der Waals surface area contributed by atoms with Gasteiger partial charge in [-0.1, -0.05) is 29.5 Å². The van der Waals surface area contributed by atoms with E-state index in [2.05, 4.69) is 27.3 Å². The molecule has 0 aliphatic carbocycles. The van der Waals surface area contributed by atoms with Crippen LogP contribution in [0.1, 0.15) is 5.69 Å². The third-order valence-corrected chi connectivity index (χ3v) is 5.35. The number of aromatic nitrogens is 5. The van der Waals surface area contributed by atoms with Gasteiger partial charge in [0.2, 0.25) is 4.96 Å². The molecule has 0 fully saturated rings. The topological polar surface area (TPSA) is 65.2 Å². The molecule has 132 valence electrons. The first kappa shape index (κ1) is 15.9. The Balaban J connectivity index is 1.67. The predicted octanol–water partition coefficient (Wildman–Crippen LogP) is 4.39. The number of aryl methyl sites for hydroxylation is 1. The van der Waals surface area contributed by atoms with Crippen LogP contribution in [0.5, 0.6) is 5.75 Å². The monoisotopic (exact) mass is 373 g/mol. The van der Waals surface area contributed by atoms with Crippen molar-refractivity contribution in [3.8, 4) is 27.7 Å². The first-order valence-corrected chi connectivity index (χ1v) is 9.28. The van der Waals surface area contributed by atoms with E-state index in [1.165, 1.54) is 11.3 Å². The minimum Gasteiger partial charge on any atom is -0.497 e. The molecule has 0 spiro atoms. The van der Waals surface area contributed by atoms with Gasteiger partial charge in [-0.3, -0.25) is 4.98 Å². The van der Waals surface area contributed by atoms with Crippen LogP contribution in [0.25, 0.3) is 37.8 Å². The maximum absolute atomic E-state index is 5.23. The van der Waals surface area contributed by atoms with E-state index in [0.717, 1.165) is 43.4 Å². The number of benzene rings is 2. The van der Waals surface area contributed by atoms with Crippen LogP contribution in [0.4, 0.5) is 0 Å². The zero-order valence-electron chi connectivity index (χ0n) is 14.7. The van der Waals surface area contributed by atoms with E-state index in [1.807, 2.05) is 49.4 Å². The van der Waals surface area contributed by atoms with Gasteiger partial charge in [0.15, 0.2) is 5.82 Å². The summed E-state index contributed by atoms with van der Waals surface area (Å²) in [6, 6.07) is 17.9. The number of methoxy groups -OCH3 is 1. The highest BCUT2D eigenvalue weighted by molar-refractivity contribution is 7.19. The van der Waals surface area contributed by atoms with E-state index >= 15 is 0 Å². The van der Waals surface area contributed by atoms with Gasteiger partial charge in [-0.05, 0) is 43.3 Å². The lowest BCUT2D eigenvalue weighted by Crippen LogP contribution is -1.93. The van der Waals surface area contributed by atoms with Crippen LogP contribution in [0.15, 0.2) is 54.6 Å². The summed E-state index contributed by atoms with van der Waals surface area (Å²) < 4.78 is 7.02. The largest absolute Gasteiger partial charge is 0.497 e. The number of hydrogen-bond donors (Lipinski definition) is 0. The van der Waals surface area contributed by atoms with Gasteiger partial charge in [-0.2, -0.15) is 9.61 Å². The van der Waals surface area contributed by atoms with Crippen LogP contribution in [0.3, 0.4) is 0 Å². The number of para-hydroxylation sites is 1. The first-order valence-electron chi connectivity index (χ1n) is 8.46. The molecule has 3 aromatic heterocycles. The highest BCUT2D eigenvalue weighted by atomic mass is 32.1. The van der Waals surface area contributed by atoms with Crippen LogP contribution >= 0.6 is 11.3 Å². The van der Waals surface area contributed by atoms with Crippen LogP contribution in [-0.2, 0) is 0 Å². The summed E-state index contributed by atoms with van der Waals surface area (Å²) in [7, 11) is 1.65. The third-order valence-electron chi connectivity index (χ3n) is 4.41. The molecule has 3 heterocycles. The molecule has 0 N–H and O–H groups in total. The van der Waals surface area contributed by atoms with Gasteiger partial charge >= 0.3 is 0 Å². The van der Waals surface area contributed by atoms with Gasteiger partial charge in [-0.25, -0.2) is 0 Å². The molecule has 27 heavy (non-hydrogen) atoms. The predicted molar refractivity (Wildman–Crippen MR) is 106 cm³/mol. The van der Waals surface area contributed by atoms with Crippen molar-refractivity contribution in [2.24, 2.45) is 0 Å². The number of pyridine rings is 1. The van der Waals surface area contributed by atoms with E-state index in [-0.39, 0.29) is 0 Å². The Labute approximate surface area is 159 Å². The molecule has 5 rings (SSSR count). The second-order valence-corrected chi connectivity index (χ2v) is 7.14. The van der Waals surface area contributed by atoms with Crippen molar-refractivity contribution in [1.29, 1.82) is 0 Å². The molecule has 0 unspecified atom stereocenters. The second-order valence-electron chi connectivity index (χ2n) is 6.18. The van der Waals surface area contributed by atoms with Crippen LogP contribution in [-0.4, -0.2) is 31.9 Å². The van der Waals surface area contributed by atoms with Gasteiger partial charge in [0.1, 0.15) is 10.8 Å². The number of nitrogens with zero attached hydrogens (tertiary/aromatic N) is 5. The molecule has 0 atom stereocenters. The van der Waals surface area contributed by atoms with Crippen molar-refractivity contribution < 1.29 is 4.74 Å². The fourth-order valence-corrected chi connectivity index (χ4v) is 4.00. The molecule has 6 nitrogen and oxygen atoms in total. The number of hydrogen-bond acceptors (Lipinski definition) is 6. The Morgan fingerprint density at radius 3 is 2.63 bits per heavy atom. The van der Waals surface area contributed by atoms with Gasteiger partial charge in [0.05, 0.1) is 12.6 Å². The Morgan fingerprint density at radius 1 is 1.00 bits per heavy atom. The minimum atomic E-state index is 0.713. The fourth-order valence-electron chi connectivity index (χ4n) is 3.13. The minimum absolute atomic E-state index is 0.713. The second kappa shape index (κ2) is 6.14. The number of fused-ring (bicyclic) bond motifs is 2. The molecule has 5 aromatic rings. The third kappa shape index (κ3) is 2.63. The summed E-state index contributed by atoms with van der Waals surface area (Å²) >= 11 is 1.52. The lowest BCUT2D eigenvalue weighted by Gasteiger charge is -2.04. The molecule has 0 saturated heterocycles. The zero-order valence-corrected chi connectivity index (χ0v) is 15.6. The molecule has 7 heteroatoms. The van der Waals surface area contributed by atoms with Crippen molar-refractivity contribution in [3.63, 3.8) is 0 Å². The van der Waals surface area contributed by atoms with Gasteiger partial charge in [-0.15, -0.1) is 10.2 Å². The van der Waals surface area contributed by atoms with Crippen molar-refractivity contribution >= 4 is 27.2 Å². The van der Waals surface area contributed by atoms with E-state index in [9.17, 15) is 0 Å². The summed E-state index contributed by atoms with van der Waals surface area (Å²) in [5, 5.41) is 15.4.